The smallest absolute Gasteiger partial charge is 0.306 e. The highest BCUT2D eigenvalue weighted by Crippen LogP contribution is 2.19. The van der Waals surface area contributed by atoms with Gasteiger partial charge in [0.25, 0.3) is 0 Å². The number of carbonyl (C=O) groups excluding carboxylic acids is 3. The predicted octanol–water partition coefficient (Wildman–Crippen LogP) is 23.2. The van der Waals surface area contributed by atoms with Gasteiger partial charge in [-0.15, -0.1) is 0 Å². The van der Waals surface area contributed by atoms with Gasteiger partial charge in [0, 0.05) is 19.3 Å². The van der Waals surface area contributed by atoms with Crippen LogP contribution in [-0.2, 0) is 28.6 Å². The largest absolute Gasteiger partial charge is 0.462 e. The number of allylic oxidation sites excluding steroid dienone is 2. The quantitative estimate of drug-likeness (QED) is 0.0261. The van der Waals surface area contributed by atoms with E-state index in [0.29, 0.717) is 19.3 Å². The van der Waals surface area contributed by atoms with E-state index in [1.807, 2.05) is 0 Å². The maximum atomic E-state index is 12.9. The van der Waals surface area contributed by atoms with Crippen molar-refractivity contribution in [3.05, 3.63) is 12.2 Å². The molecule has 0 aliphatic rings. The van der Waals surface area contributed by atoms with Gasteiger partial charge in [-0.2, -0.15) is 0 Å². The monoisotopic (exact) mass is 1060 g/mol. The van der Waals surface area contributed by atoms with Crippen LogP contribution in [0.2, 0.25) is 0 Å². The average molecular weight is 1060 g/mol. The maximum Gasteiger partial charge on any atom is 0.306 e. The number of esters is 3. The minimum Gasteiger partial charge on any atom is -0.462 e. The van der Waals surface area contributed by atoms with Crippen LogP contribution >= 0.6 is 0 Å². The second kappa shape index (κ2) is 64.7. The molecule has 444 valence electrons. The van der Waals surface area contributed by atoms with E-state index in [4.69, 9.17) is 14.2 Å². The fourth-order valence-electron chi connectivity index (χ4n) is 10.6. The van der Waals surface area contributed by atoms with Crippen LogP contribution in [0.4, 0.5) is 0 Å². The zero-order chi connectivity index (χ0) is 54.3. The standard InChI is InChI=1S/C69H132O6/c1-4-7-10-13-16-19-22-25-28-31-34-37-40-43-46-49-52-55-58-61-67(70)73-64-66(75-69(72)63-60-57-54-51-48-45-42-39-36-33-30-27-24-21-18-15-12-9-6-3)65-74-68(71)62-59-56-53-50-47-44-41-38-35-32-29-26-23-20-17-14-11-8-5-2/h25,28,66H,4-24,26-27,29-65H2,1-3H3/b28-25-. The van der Waals surface area contributed by atoms with Crippen molar-refractivity contribution in [2.75, 3.05) is 13.2 Å². The molecular formula is C69H132O6. The minimum absolute atomic E-state index is 0.0634. The molecule has 0 rings (SSSR count). The summed E-state index contributed by atoms with van der Waals surface area (Å²) in [6, 6.07) is 0. The molecule has 0 fully saturated rings. The molecule has 0 radical (unpaired) electrons. The van der Waals surface area contributed by atoms with Gasteiger partial charge in [0.1, 0.15) is 13.2 Å². The first-order valence-electron chi connectivity index (χ1n) is 34.2. The van der Waals surface area contributed by atoms with Crippen molar-refractivity contribution < 1.29 is 28.6 Å². The third-order valence-electron chi connectivity index (χ3n) is 15.8. The summed E-state index contributed by atoms with van der Waals surface area (Å²) in [5.74, 6) is -0.829. The van der Waals surface area contributed by atoms with Crippen molar-refractivity contribution in [1.82, 2.24) is 0 Å². The van der Waals surface area contributed by atoms with E-state index in [2.05, 4.69) is 32.9 Å². The van der Waals surface area contributed by atoms with E-state index < -0.39 is 6.10 Å². The highest BCUT2D eigenvalue weighted by molar-refractivity contribution is 5.71. The van der Waals surface area contributed by atoms with Gasteiger partial charge in [0.15, 0.2) is 6.10 Å². The lowest BCUT2D eigenvalue weighted by atomic mass is 10.0. The van der Waals surface area contributed by atoms with Gasteiger partial charge in [-0.1, -0.05) is 341 Å². The number of hydrogen-bond donors (Lipinski definition) is 0. The van der Waals surface area contributed by atoms with Crippen molar-refractivity contribution in [3.63, 3.8) is 0 Å². The van der Waals surface area contributed by atoms with Crippen molar-refractivity contribution in [2.24, 2.45) is 0 Å². The van der Waals surface area contributed by atoms with Gasteiger partial charge < -0.3 is 14.2 Å². The van der Waals surface area contributed by atoms with E-state index in [1.165, 1.54) is 295 Å². The zero-order valence-corrected chi connectivity index (χ0v) is 51.1. The Hall–Kier alpha value is -1.85. The predicted molar refractivity (Wildman–Crippen MR) is 326 cm³/mol. The molecule has 0 saturated carbocycles. The second-order valence-electron chi connectivity index (χ2n) is 23.5. The molecule has 6 heteroatoms. The third kappa shape index (κ3) is 62.9. The molecule has 75 heavy (non-hydrogen) atoms. The molecule has 0 heterocycles. The Morgan fingerprint density at radius 2 is 0.440 bits per heavy atom. The summed E-state index contributed by atoms with van der Waals surface area (Å²) in [6.07, 6.45) is 76.5. The molecule has 1 unspecified atom stereocenters. The Balaban J connectivity index is 4.29. The van der Waals surface area contributed by atoms with Gasteiger partial charge in [0.05, 0.1) is 0 Å². The molecule has 1 atom stereocenters. The maximum absolute atomic E-state index is 12.9. The molecule has 0 amide bonds. The highest BCUT2D eigenvalue weighted by Gasteiger charge is 2.19. The summed E-state index contributed by atoms with van der Waals surface area (Å²) in [6.45, 7) is 6.73. The number of carbonyl (C=O) groups is 3. The molecule has 0 N–H and O–H groups in total. The van der Waals surface area contributed by atoms with E-state index in [1.54, 1.807) is 0 Å². The minimum atomic E-state index is -0.767. The summed E-state index contributed by atoms with van der Waals surface area (Å²) in [5.41, 5.74) is 0. The fourth-order valence-corrected chi connectivity index (χ4v) is 10.6. The van der Waals surface area contributed by atoms with Crippen LogP contribution in [0.5, 0.6) is 0 Å². The first-order valence-corrected chi connectivity index (χ1v) is 34.2. The van der Waals surface area contributed by atoms with Crippen LogP contribution < -0.4 is 0 Å². The third-order valence-corrected chi connectivity index (χ3v) is 15.8. The fraction of sp³-hybridized carbons (Fsp3) is 0.928. The van der Waals surface area contributed by atoms with Crippen LogP contribution in [0.1, 0.15) is 393 Å². The lowest BCUT2D eigenvalue weighted by Crippen LogP contribution is -2.30. The summed E-state index contributed by atoms with van der Waals surface area (Å²) in [7, 11) is 0. The summed E-state index contributed by atoms with van der Waals surface area (Å²) in [5, 5.41) is 0. The molecule has 0 saturated heterocycles. The molecule has 0 aliphatic heterocycles. The molecule has 0 spiro atoms. The van der Waals surface area contributed by atoms with Gasteiger partial charge in [-0.3, -0.25) is 14.4 Å². The van der Waals surface area contributed by atoms with Crippen LogP contribution in [0.15, 0.2) is 12.2 Å². The van der Waals surface area contributed by atoms with Gasteiger partial charge in [-0.05, 0) is 44.9 Å². The van der Waals surface area contributed by atoms with Crippen molar-refractivity contribution >= 4 is 17.9 Å². The van der Waals surface area contributed by atoms with Crippen LogP contribution in [0, 0.1) is 0 Å². The zero-order valence-electron chi connectivity index (χ0n) is 51.1. The van der Waals surface area contributed by atoms with Crippen LogP contribution in [0.3, 0.4) is 0 Å². The first-order chi connectivity index (χ1) is 37.0. The first kappa shape index (κ1) is 73.2. The van der Waals surface area contributed by atoms with E-state index >= 15 is 0 Å². The molecule has 0 aliphatic carbocycles. The molecule has 0 aromatic carbocycles. The average Bonchev–Trinajstić information content (AvgIpc) is 3.41. The normalized spacial score (nSPS) is 12.0. The summed E-state index contributed by atoms with van der Waals surface area (Å²) in [4.78, 5) is 38.4. The van der Waals surface area contributed by atoms with Crippen LogP contribution in [-0.4, -0.2) is 37.2 Å². The highest BCUT2D eigenvalue weighted by atomic mass is 16.6. The SMILES string of the molecule is CCCCCCCC/C=C\CCCCCCCCCCCC(=O)OCC(COC(=O)CCCCCCCCCCCCCCCCCCCCC)OC(=O)CCCCCCCCCCCCCCCCCCCCC. The molecule has 6 nitrogen and oxygen atoms in total. The van der Waals surface area contributed by atoms with E-state index in [-0.39, 0.29) is 31.1 Å². The van der Waals surface area contributed by atoms with Crippen molar-refractivity contribution in [3.8, 4) is 0 Å². The lowest BCUT2D eigenvalue weighted by molar-refractivity contribution is -0.167. The number of rotatable bonds is 64. The number of unbranched alkanes of at least 4 members (excludes halogenated alkanes) is 51. The summed E-state index contributed by atoms with van der Waals surface area (Å²) >= 11 is 0. The van der Waals surface area contributed by atoms with E-state index in [9.17, 15) is 14.4 Å². The summed E-state index contributed by atoms with van der Waals surface area (Å²) < 4.78 is 17.0. The van der Waals surface area contributed by atoms with Gasteiger partial charge in [-0.25, -0.2) is 0 Å². The van der Waals surface area contributed by atoms with Crippen molar-refractivity contribution in [1.29, 1.82) is 0 Å². The van der Waals surface area contributed by atoms with Crippen molar-refractivity contribution in [2.45, 2.75) is 399 Å². The molecule has 0 bridgehead atoms. The molecule has 0 aromatic heterocycles. The second-order valence-corrected chi connectivity index (χ2v) is 23.5. The van der Waals surface area contributed by atoms with E-state index in [0.717, 1.165) is 57.8 Å². The molecular weight excluding hydrogens is 925 g/mol. The Morgan fingerprint density at radius 3 is 0.667 bits per heavy atom. The Bertz CT molecular complexity index is 1170. The Labute approximate surface area is 469 Å². The number of ether oxygens (including phenoxy) is 3. The topological polar surface area (TPSA) is 78.9 Å². The Morgan fingerprint density at radius 1 is 0.253 bits per heavy atom. The Kier molecular flexibility index (Phi) is 63.1. The lowest BCUT2D eigenvalue weighted by Gasteiger charge is -2.18. The van der Waals surface area contributed by atoms with Gasteiger partial charge >= 0.3 is 17.9 Å². The number of hydrogen-bond acceptors (Lipinski definition) is 6. The van der Waals surface area contributed by atoms with Crippen LogP contribution in [0.25, 0.3) is 0 Å². The van der Waals surface area contributed by atoms with Gasteiger partial charge in [0.2, 0.25) is 0 Å². The molecule has 0 aromatic rings.